The zero-order chi connectivity index (χ0) is 21.5. The topological polar surface area (TPSA) is 88.6 Å². The first-order valence-electron chi connectivity index (χ1n) is 9.50. The number of hydrazone groups is 1. The molecule has 0 radical (unpaired) electrons. The van der Waals surface area contributed by atoms with E-state index in [1.54, 1.807) is 30.6 Å². The number of rotatable bonds is 8. The molecule has 0 aliphatic heterocycles. The summed E-state index contributed by atoms with van der Waals surface area (Å²) in [5, 5.41) is 12.9. The van der Waals surface area contributed by atoms with Gasteiger partial charge in [-0.25, -0.2) is 5.43 Å². The van der Waals surface area contributed by atoms with Gasteiger partial charge in [-0.1, -0.05) is 36.4 Å². The quantitative estimate of drug-likeness (QED) is 0.317. The molecule has 8 heteroatoms. The van der Waals surface area contributed by atoms with Gasteiger partial charge in [0.05, 0.1) is 23.9 Å². The summed E-state index contributed by atoms with van der Waals surface area (Å²) in [6.07, 6.45) is 1.54. The smallest absolute Gasteiger partial charge is 0.291 e. The fourth-order valence-corrected chi connectivity index (χ4v) is 3.53. The molecule has 31 heavy (non-hydrogen) atoms. The Labute approximate surface area is 183 Å². The number of aromatic amines is 1. The average Bonchev–Trinajstić information content (AvgIpc) is 3.51. The number of benzene rings is 2. The van der Waals surface area contributed by atoms with Gasteiger partial charge in [-0.2, -0.15) is 10.2 Å². The van der Waals surface area contributed by atoms with Crippen LogP contribution < -0.4 is 14.9 Å². The third-order valence-electron chi connectivity index (χ3n) is 4.40. The van der Waals surface area contributed by atoms with E-state index in [-0.39, 0.29) is 5.69 Å². The maximum atomic E-state index is 12.3. The highest BCUT2D eigenvalue weighted by Gasteiger charge is 2.11. The van der Waals surface area contributed by atoms with Gasteiger partial charge in [-0.15, -0.1) is 11.3 Å². The molecular formula is C23H20N4O3S. The second kappa shape index (κ2) is 9.73. The van der Waals surface area contributed by atoms with Crippen molar-refractivity contribution in [1.29, 1.82) is 0 Å². The molecule has 2 N–H and O–H groups in total. The van der Waals surface area contributed by atoms with Crippen molar-refractivity contribution < 1.29 is 14.3 Å². The normalized spacial score (nSPS) is 10.9. The number of carbonyl (C=O) groups is 1. The highest BCUT2D eigenvalue weighted by Crippen LogP contribution is 2.28. The Bertz CT molecular complexity index is 1170. The minimum absolute atomic E-state index is 0.266. The van der Waals surface area contributed by atoms with Gasteiger partial charge in [0, 0.05) is 0 Å². The number of nitrogens with zero attached hydrogens (tertiary/aromatic N) is 2. The second-order valence-corrected chi connectivity index (χ2v) is 7.48. The zero-order valence-electron chi connectivity index (χ0n) is 16.7. The van der Waals surface area contributed by atoms with E-state index >= 15 is 0 Å². The highest BCUT2D eigenvalue weighted by molar-refractivity contribution is 7.13. The van der Waals surface area contributed by atoms with Crippen molar-refractivity contribution in [2.75, 3.05) is 7.11 Å². The van der Waals surface area contributed by atoms with E-state index in [0.717, 1.165) is 21.7 Å². The number of ether oxygens (including phenoxy) is 2. The molecule has 156 valence electrons. The third kappa shape index (κ3) is 5.18. The Morgan fingerprint density at radius 3 is 2.77 bits per heavy atom. The molecule has 0 saturated heterocycles. The van der Waals surface area contributed by atoms with Crippen molar-refractivity contribution >= 4 is 23.5 Å². The summed E-state index contributed by atoms with van der Waals surface area (Å²) in [5.41, 5.74) is 5.37. The van der Waals surface area contributed by atoms with Crippen LogP contribution in [0.15, 0.2) is 77.2 Å². The Kier molecular flexibility index (Phi) is 6.39. The Morgan fingerprint density at radius 1 is 1.13 bits per heavy atom. The van der Waals surface area contributed by atoms with E-state index in [9.17, 15) is 4.79 Å². The van der Waals surface area contributed by atoms with E-state index in [0.29, 0.717) is 18.1 Å². The third-order valence-corrected chi connectivity index (χ3v) is 5.30. The summed E-state index contributed by atoms with van der Waals surface area (Å²) in [6.45, 7) is 0.442. The molecule has 0 bridgehead atoms. The van der Waals surface area contributed by atoms with Crippen LogP contribution in [0.5, 0.6) is 11.5 Å². The van der Waals surface area contributed by atoms with Gasteiger partial charge in [0.1, 0.15) is 6.61 Å². The number of carbonyl (C=O) groups excluding carboxylic acids is 1. The summed E-state index contributed by atoms with van der Waals surface area (Å²) >= 11 is 1.57. The first-order valence-corrected chi connectivity index (χ1v) is 10.4. The largest absolute Gasteiger partial charge is 0.493 e. The molecule has 0 unspecified atom stereocenters. The Morgan fingerprint density at radius 2 is 2.00 bits per heavy atom. The fourth-order valence-electron chi connectivity index (χ4n) is 2.84. The Hall–Kier alpha value is -3.91. The lowest BCUT2D eigenvalue weighted by molar-refractivity contribution is 0.0950. The number of aromatic nitrogens is 2. The molecule has 2 aromatic heterocycles. The molecule has 0 fully saturated rings. The SMILES string of the molecule is COc1cc(C=NNC(=O)c2cc(-c3cccs3)[nH]n2)ccc1OCc1ccccc1. The summed E-state index contributed by atoms with van der Waals surface area (Å²) < 4.78 is 11.3. The number of methoxy groups -OCH3 is 1. The lowest BCUT2D eigenvalue weighted by Gasteiger charge is -2.11. The van der Waals surface area contributed by atoms with Crippen LogP contribution >= 0.6 is 11.3 Å². The maximum absolute atomic E-state index is 12.3. The number of hydrogen-bond donors (Lipinski definition) is 2. The van der Waals surface area contributed by atoms with E-state index in [1.165, 1.54) is 6.21 Å². The van der Waals surface area contributed by atoms with Crippen molar-refractivity contribution in [3.8, 4) is 22.1 Å². The number of thiophene rings is 1. The number of H-pyrrole nitrogens is 1. The Balaban J connectivity index is 1.36. The zero-order valence-corrected chi connectivity index (χ0v) is 17.6. The molecule has 2 aromatic carbocycles. The van der Waals surface area contributed by atoms with Gasteiger partial charge in [0.2, 0.25) is 0 Å². The van der Waals surface area contributed by atoms with Crippen molar-refractivity contribution in [2.24, 2.45) is 5.10 Å². The van der Waals surface area contributed by atoms with Crippen molar-refractivity contribution in [2.45, 2.75) is 6.61 Å². The van der Waals surface area contributed by atoms with E-state index in [1.807, 2.05) is 60.0 Å². The van der Waals surface area contributed by atoms with E-state index < -0.39 is 5.91 Å². The number of hydrogen-bond acceptors (Lipinski definition) is 6. The lowest BCUT2D eigenvalue weighted by atomic mass is 10.2. The lowest BCUT2D eigenvalue weighted by Crippen LogP contribution is -2.18. The molecule has 1 amide bonds. The van der Waals surface area contributed by atoms with Crippen LogP contribution in [0.2, 0.25) is 0 Å². The number of nitrogens with one attached hydrogen (secondary N) is 2. The van der Waals surface area contributed by atoms with Crippen molar-refractivity contribution in [3.63, 3.8) is 0 Å². The maximum Gasteiger partial charge on any atom is 0.291 e. The summed E-state index contributed by atoms with van der Waals surface area (Å²) in [7, 11) is 1.58. The predicted octanol–water partition coefficient (Wildman–Crippen LogP) is 4.49. The van der Waals surface area contributed by atoms with Crippen LogP contribution in [0.3, 0.4) is 0 Å². The minimum Gasteiger partial charge on any atom is -0.493 e. The summed E-state index contributed by atoms with van der Waals surface area (Å²) in [5.74, 6) is 0.814. The van der Waals surface area contributed by atoms with Crippen LogP contribution in [-0.4, -0.2) is 29.4 Å². The first kappa shape index (κ1) is 20.4. The molecule has 7 nitrogen and oxygen atoms in total. The minimum atomic E-state index is -0.398. The van der Waals surface area contributed by atoms with Gasteiger partial charge in [-0.05, 0) is 46.8 Å². The van der Waals surface area contributed by atoms with Crippen LogP contribution in [0.25, 0.3) is 10.6 Å². The van der Waals surface area contributed by atoms with Crippen molar-refractivity contribution in [1.82, 2.24) is 15.6 Å². The highest BCUT2D eigenvalue weighted by atomic mass is 32.1. The van der Waals surface area contributed by atoms with Crippen LogP contribution in [0.4, 0.5) is 0 Å². The summed E-state index contributed by atoms with van der Waals surface area (Å²) in [4.78, 5) is 13.3. The van der Waals surface area contributed by atoms with E-state index in [4.69, 9.17) is 9.47 Å². The first-order chi connectivity index (χ1) is 15.2. The van der Waals surface area contributed by atoms with Gasteiger partial charge in [0.25, 0.3) is 5.91 Å². The molecule has 0 saturated carbocycles. The molecule has 0 atom stereocenters. The molecule has 4 aromatic rings. The molecule has 4 rings (SSSR count). The average molecular weight is 433 g/mol. The van der Waals surface area contributed by atoms with Gasteiger partial charge in [0.15, 0.2) is 17.2 Å². The standard InChI is InChI=1S/C23H20N4O3S/c1-29-21-12-17(9-10-20(21)30-15-16-6-3-2-4-7-16)14-24-27-23(28)19-13-18(25-26-19)22-8-5-11-31-22/h2-14H,15H2,1H3,(H,25,26)(H,27,28). The van der Waals surface area contributed by atoms with Crippen molar-refractivity contribution in [3.05, 3.63) is 88.9 Å². The van der Waals surface area contributed by atoms with Gasteiger partial charge >= 0.3 is 0 Å². The van der Waals surface area contributed by atoms with Crippen LogP contribution in [-0.2, 0) is 6.61 Å². The molecule has 0 aliphatic carbocycles. The monoisotopic (exact) mass is 432 g/mol. The molecule has 0 aliphatic rings. The fraction of sp³-hybridized carbons (Fsp3) is 0.0870. The second-order valence-electron chi connectivity index (χ2n) is 6.53. The molecule has 0 spiro atoms. The molecular weight excluding hydrogens is 412 g/mol. The van der Waals surface area contributed by atoms with Crippen LogP contribution in [0, 0.1) is 0 Å². The van der Waals surface area contributed by atoms with Gasteiger partial charge < -0.3 is 9.47 Å². The van der Waals surface area contributed by atoms with E-state index in [2.05, 4.69) is 20.7 Å². The predicted molar refractivity (Wildman–Crippen MR) is 121 cm³/mol. The van der Waals surface area contributed by atoms with Gasteiger partial charge in [-0.3, -0.25) is 9.89 Å². The van der Waals surface area contributed by atoms with Crippen LogP contribution in [0.1, 0.15) is 21.6 Å². The summed E-state index contributed by atoms with van der Waals surface area (Å²) in [6, 6.07) is 20.9. The molecule has 2 heterocycles. The number of amides is 1.